The Hall–Kier alpha value is -0.970. The first-order valence-corrected chi connectivity index (χ1v) is 5.22. The van der Waals surface area contributed by atoms with Crippen molar-refractivity contribution in [2.45, 2.75) is 19.9 Å². The van der Waals surface area contributed by atoms with Crippen molar-refractivity contribution in [3.63, 3.8) is 0 Å². The first-order chi connectivity index (χ1) is 7.04. The molecule has 0 aliphatic rings. The van der Waals surface area contributed by atoms with Gasteiger partial charge in [0.25, 0.3) is 0 Å². The van der Waals surface area contributed by atoms with Gasteiger partial charge in [-0.2, -0.15) is 0 Å². The Labute approximate surface area is 103 Å². The Balaban J connectivity index is 4.19. The number of carbonyl (C=O) groups excluding carboxylic acids is 2. The van der Waals surface area contributed by atoms with Gasteiger partial charge >= 0.3 is 12.1 Å². The molecule has 0 aliphatic heterocycles. The fourth-order valence-electron chi connectivity index (χ4n) is 0.679. The van der Waals surface area contributed by atoms with E-state index in [2.05, 4.69) is 10.7 Å². The van der Waals surface area contributed by atoms with E-state index in [1.807, 2.05) is 0 Å². The van der Waals surface area contributed by atoms with Crippen LogP contribution in [0.5, 0.6) is 0 Å². The number of amides is 1. The van der Waals surface area contributed by atoms with Crippen molar-refractivity contribution in [2.24, 2.45) is 0 Å². The van der Waals surface area contributed by atoms with E-state index in [0.717, 1.165) is 3.11 Å². The van der Waals surface area contributed by atoms with Gasteiger partial charge in [0.05, 0.1) is 29.5 Å². The number of esters is 1. The lowest BCUT2D eigenvalue weighted by atomic mass is 10.3. The minimum atomic E-state index is -0.698. The van der Waals surface area contributed by atoms with E-state index >= 15 is 0 Å². The summed E-state index contributed by atoms with van der Waals surface area (Å²) in [5.74, 6) is 1.68. The lowest BCUT2D eigenvalue weighted by molar-refractivity contribution is -0.146. The standard InChI is InChI=1S/C9H12INO4/c1-4-6-15-9(13)11(10)7(3)8(12)14-5-2/h1,7H,5-6H2,2-3H3. The number of nitrogens with zero attached hydrogens (tertiary/aromatic N) is 1. The van der Waals surface area contributed by atoms with Gasteiger partial charge in [-0.05, 0) is 13.8 Å². The van der Waals surface area contributed by atoms with Gasteiger partial charge < -0.3 is 9.47 Å². The van der Waals surface area contributed by atoms with Crippen molar-refractivity contribution in [3.05, 3.63) is 0 Å². The van der Waals surface area contributed by atoms with Gasteiger partial charge in [0.1, 0.15) is 6.04 Å². The van der Waals surface area contributed by atoms with E-state index in [1.165, 1.54) is 0 Å². The van der Waals surface area contributed by atoms with Crippen molar-refractivity contribution >= 4 is 34.9 Å². The molecular weight excluding hydrogens is 313 g/mol. The first kappa shape index (κ1) is 14.0. The van der Waals surface area contributed by atoms with Crippen LogP contribution in [-0.4, -0.2) is 34.4 Å². The predicted molar refractivity (Wildman–Crippen MR) is 62.1 cm³/mol. The van der Waals surface area contributed by atoms with Gasteiger partial charge in [0.15, 0.2) is 6.61 Å². The Morgan fingerprint density at radius 2 is 2.13 bits per heavy atom. The Morgan fingerprint density at radius 3 is 2.60 bits per heavy atom. The van der Waals surface area contributed by atoms with E-state index in [-0.39, 0.29) is 13.2 Å². The van der Waals surface area contributed by atoms with Crippen LogP contribution in [0.1, 0.15) is 13.8 Å². The van der Waals surface area contributed by atoms with Crippen LogP contribution in [0, 0.1) is 12.3 Å². The first-order valence-electron chi connectivity index (χ1n) is 4.26. The number of ether oxygens (including phenoxy) is 2. The van der Waals surface area contributed by atoms with Crippen molar-refractivity contribution < 1.29 is 19.1 Å². The summed E-state index contributed by atoms with van der Waals surface area (Å²) in [5.41, 5.74) is 0. The van der Waals surface area contributed by atoms with E-state index in [9.17, 15) is 9.59 Å². The number of terminal acetylenes is 1. The lowest BCUT2D eigenvalue weighted by Crippen LogP contribution is -2.37. The van der Waals surface area contributed by atoms with E-state index in [4.69, 9.17) is 11.2 Å². The maximum atomic E-state index is 11.2. The highest BCUT2D eigenvalue weighted by Crippen LogP contribution is 2.10. The molecule has 0 aliphatic carbocycles. The molecule has 0 bridgehead atoms. The van der Waals surface area contributed by atoms with Crippen molar-refractivity contribution in [3.8, 4) is 12.3 Å². The quantitative estimate of drug-likeness (QED) is 0.339. The van der Waals surface area contributed by atoms with Crippen LogP contribution in [0.2, 0.25) is 0 Å². The molecule has 0 aromatic rings. The van der Waals surface area contributed by atoms with Gasteiger partial charge in [-0.3, -0.25) is 0 Å². The average Bonchev–Trinajstić information content (AvgIpc) is 2.24. The molecule has 0 saturated heterocycles. The molecule has 1 unspecified atom stereocenters. The molecule has 0 spiro atoms. The smallest absolute Gasteiger partial charge is 0.420 e. The van der Waals surface area contributed by atoms with Crippen molar-refractivity contribution in [2.75, 3.05) is 13.2 Å². The monoisotopic (exact) mass is 325 g/mol. The molecule has 1 atom stereocenters. The lowest BCUT2D eigenvalue weighted by Gasteiger charge is -2.19. The highest BCUT2D eigenvalue weighted by atomic mass is 127. The summed E-state index contributed by atoms with van der Waals surface area (Å²) in [6, 6.07) is -0.698. The molecule has 0 rings (SSSR count). The SMILES string of the molecule is C#CCOC(=O)N(I)C(C)C(=O)OCC. The third-order valence-corrected chi connectivity index (χ3v) is 2.65. The molecule has 0 saturated carbocycles. The van der Waals surface area contributed by atoms with Crippen LogP contribution in [-0.2, 0) is 14.3 Å². The number of halogens is 1. The molecule has 84 valence electrons. The summed E-state index contributed by atoms with van der Waals surface area (Å²) in [4.78, 5) is 22.5. The topological polar surface area (TPSA) is 55.8 Å². The number of carbonyl (C=O) groups is 2. The van der Waals surface area contributed by atoms with Crippen LogP contribution in [0.15, 0.2) is 0 Å². The average molecular weight is 325 g/mol. The molecule has 0 radical (unpaired) electrons. The van der Waals surface area contributed by atoms with Gasteiger partial charge in [-0.15, -0.1) is 6.42 Å². The summed E-state index contributed by atoms with van der Waals surface area (Å²) < 4.78 is 10.5. The van der Waals surface area contributed by atoms with Gasteiger partial charge in [0, 0.05) is 0 Å². The van der Waals surface area contributed by atoms with E-state index in [1.54, 1.807) is 36.7 Å². The third-order valence-electron chi connectivity index (χ3n) is 1.42. The minimum Gasteiger partial charge on any atom is -0.464 e. The fraction of sp³-hybridized carbons (Fsp3) is 0.556. The molecule has 5 nitrogen and oxygen atoms in total. The summed E-state index contributed by atoms with van der Waals surface area (Å²) >= 11 is 1.68. The Morgan fingerprint density at radius 1 is 1.53 bits per heavy atom. The van der Waals surface area contributed by atoms with Crippen LogP contribution >= 0.6 is 22.9 Å². The zero-order valence-corrected chi connectivity index (χ0v) is 10.7. The van der Waals surface area contributed by atoms with Crippen LogP contribution < -0.4 is 0 Å². The van der Waals surface area contributed by atoms with Crippen molar-refractivity contribution in [1.82, 2.24) is 3.11 Å². The van der Waals surface area contributed by atoms with Gasteiger partial charge in [-0.25, -0.2) is 12.7 Å². The third kappa shape index (κ3) is 4.88. The molecule has 0 heterocycles. The molecule has 6 heteroatoms. The van der Waals surface area contributed by atoms with Crippen LogP contribution in [0.25, 0.3) is 0 Å². The second-order valence-corrected chi connectivity index (χ2v) is 3.54. The van der Waals surface area contributed by atoms with E-state index < -0.39 is 18.1 Å². The van der Waals surface area contributed by atoms with Crippen molar-refractivity contribution in [1.29, 1.82) is 0 Å². The fourth-order valence-corrected chi connectivity index (χ4v) is 1.05. The maximum Gasteiger partial charge on any atom is 0.420 e. The molecule has 15 heavy (non-hydrogen) atoms. The molecule has 0 aromatic heterocycles. The Bertz CT molecular complexity index is 274. The highest BCUT2D eigenvalue weighted by molar-refractivity contribution is 14.1. The minimum absolute atomic E-state index is 0.117. The van der Waals surface area contributed by atoms with Gasteiger partial charge in [0.2, 0.25) is 0 Å². The number of hydrogen-bond acceptors (Lipinski definition) is 4. The maximum absolute atomic E-state index is 11.2. The molecule has 1 amide bonds. The van der Waals surface area contributed by atoms with Crippen LogP contribution in [0.3, 0.4) is 0 Å². The Kier molecular flexibility index (Phi) is 6.86. The largest absolute Gasteiger partial charge is 0.464 e. The van der Waals surface area contributed by atoms with E-state index in [0.29, 0.717) is 0 Å². The zero-order valence-electron chi connectivity index (χ0n) is 8.53. The summed E-state index contributed by atoms with van der Waals surface area (Å²) in [6.45, 7) is 3.39. The summed E-state index contributed by atoms with van der Waals surface area (Å²) in [7, 11) is 0. The summed E-state index contributed by atoms with van der Waals surface area (Å²) in [5, 5.41) is 0. The highest BCUT2D eigenvalue weighted by Gasteiger charge is 2.25. The molecule has 0 aromatic carbocycles. The molecular formula is C9H12INO4. The normalized spacial score (nSPS) is 11.1. The summed E-state index contributed by atoms with van der Waals surface area (Å²) in [6.07, 6.45) is 4.26. The second-order valence-electron chi connectivity index (χ2n) is 2.50. The van der Waals surface area contributed by atoms with Crippen LogP contribution in [0.4, 0.5) is 4.79 Å². The van der Waals surface area contributed by atoms with Gasteiger partial charge in [-0.1, -0.05) is 5.92 Å². The number of hydrogen-bond donors (Lipinski definition) is 0. The second kappa shape index (κ2) is 7.34. The zero-order chi connectivity index (χ0) is 11.8. The predicted octanol–water partition coefficient (Wildman–Crippen LogP) is 1.36. The number of rotatable bonds is 4. The molecule has 0 N–H and O–H groups in total. The molecule has 0 fully saturated rings.